The van der Waals surface area contributed by atoms with Crippen molar-refractivity contribution < 1.29 is 10.2 Å². The third kappa shape index (κ3) is 2.53. The number of hydrogen-bond acceptors (Lipinski definition) is 4. The van der Waals surface area contributed by atoms with Gasteiger partial charge >= 0.3 is 0 Å². The molecule has 6 nitrogen and oxygen atoms in total. The summed E-state index contributed by atoms with van der Waals surface area (Å²) >= 11 is 0. The zero-order valence-corrected chi connectivity index (χ0v) is 16.1. The van der Waals surface area contributed by atoms with Crippen LogP contribution in [0.25, 0.3) is 33.0 Å². The van der Waals surface area contributed by atoms with E-state index in [-0.39, 0.29) is 0 Å². The molecule has 3 N–H and O–H groups in total. The van der Waals surface area contributed by atoms with Gasteiger partial charge in [-0.1, -0.05) is 18.2 Å². The van der Waals surface area contributed by atoms with E-state index in [9.17, 15) is 15.5 Å². The molecule has 2 aromatic carbocycles. The molecule has 0 spiro atoms. The maximum atomic E-state index is 10.8. The predicted octanol–water partition coefficient (Wildman–Crippen LogP) is 2.69. The Bertz CT molecular complexity index is 1350. The normalized spacial score (nSPS) is 19.4. The molecule has 1 aliphatic rings. The number of aliphatic hydroxyl groups excluding tert-OH is 2. The van der Waals surface area contributed by atoms with Gasteiger partial charge in [0.15, 0.2) is 0 Å². The van der Waals surface area contributed by atoms with E-state index in [1.54, 1.807) is 6.07 Å². The van der Waals surface area contributed by atoms with E-state index in [4.69, 9.17) is 0 Å². The quantitative estimate of drug-likeness (QED) is 0.496. The van der Waals surface area contributed by atoms with Crippen LogP contribution in [0.3, 0.4) is 0 Å². The van der Waals surface area contributed by atoms with Crippen molar-refractivity contribution >= 4 is 33.0 Å². The molecule has 144 valence electrons. The predicted molar refractivity (Wildman–Crippen MR) is 113 cm³/mol. The number of aromatic nitrogens is 2. The Morgan fingerprint density at radius 2 is 1.45 bits per heavy atom. The summed E-state index contributed by atoms with van der Waals surface area (Å²) in [6.45, 7) is 0. The molecule has 4 aromatic rings. The Hall–Kier alpha value is -3.37. The lowest BCUT2D eigenvalue weighted by molar-refractivity contribution is 0.120. The highest BCUT2D eigenvalue weighted by molar-refractivity contribution is 6.08. The Morgan fingerprint density at radius 1 is 0.862 bits per heavy atom. The van der Waals surface area contributed by atoms with Crippen molar-refractivity contribution in [1.29, 1.82) is 5.26 Å². The lowest BCUT2D eigenvalue weighted by Crippen LogP contribution is -2.31. The highest BCUT2D eigenvalue weighted by Gasteiger charge is 2.35. The van der Waals surface area contributed by atoms with Gasteiger partial charge in [-0.15, -0.1) is 0 Å². The average Bonchev–Trinajstić information content (AvgIpc) is 3.32. The molecule has 0 saturated carbocycles. The minimum atomic E-state index is -1.02. The van der Waals surface area contributed by atoms with E-state index in [0.717, 1.165) is 32.9 Å². The van der Waals surface area contributed by atoms with Crippen LogP contribution in [-0.2, 0) is 14.1 Å². The van der Waals surface area contributed by atoms with Gasteiger partial charge in [-0.3, -0.25) is 5.32 Å². The van der Waals surface area contributed by atoms with Gasteiger partial charge < -0.3 is 19.3 Å². The van der Waals surface area contributed by atoms with Crippen molar-refractivity contribution in [1.82, 2.24) is 14.5 Å². The van der Waals surface area contributed by atoms with Crippen molar-refractivity contribution in [3.63, 3.8) is 0 Å². The standard InChI is InChI=1S/C23H20N4O2/c1-26-11-16(14-5-3-4-6-18(14)26)20-21(23(29)25-22(20)28)17-12-27(2)19-8-7-13(10-24)9-15(17)19/h3-9,11-12,22-23,25,28-29H,1-2H3. The molecule has 0 amide bonds. The molecule has 0 bridgehead atoms. The van der Waals surface area contributed by atoms with Crippen LogP contribution in [-0.4, -0.2) is 31.8 Å². The Balaban J connectivity index is 1.85. The third-order valence-electron chi connectivity index (χ3n) is 5.75. The maximum absolute atomic E-state index is 10.8. The highest BCUT2D eigenvalue weighted by atomic mass is 16.3. The molecule has 3 heterocycles. The van der Waals surface area contributed by atoms with Crippen LogP contribution in [0.4, 0.5) is 0 Å². The van der Waals surface area contributed by atoms with Gasteiger partial charge in [0.2, 0.25) is 0 Å². The van der Waals surface area contributed by atoms with E-state index in [1.165, 1.54) is 0 Å². The lowest BCUT2D eigenvalue weighted by Gasteiger charge is -2.10. The third-order valence-corrected chi connectivity index (χ3v) is 5.75. The summed E-state index contributed by atoms with van der Waals surface area (Å²) in [4.78, 5) is 0. The number of fused-ring (bicyclic) bond motifs is 2. The molecular weight excluding hydrogens is 364 g/mol. The fourth-order valence-corrected chi connectivity index (χ4v) is 4.43. The van der Waals surface area contributed by atoms with Gasteiger partial charge in [0, 0.05) is 70.6 Å². The molecule has 29 heavy (non-hydrogen) atoms. The summed E-state index contributed by atoms with van der Waals surface area (Å²) in [5.74, 6) is 0. The molecule has 0 fully saturated rings. The number of para-hydroxylation sites is 1. The number of aryl methyl sites for hydroxylation is 2. The van der Waals surface area contributed by atoms with Gasteiger partial charge in [-0.05, 0) is 24.3 Å². The van der Waals surface area contributed by atoms with Gasteiger partial charge in [0.05, 0.1) is 11.6 Å². The van der Waals surface area contributed by atoms with Crippen LogP contribution in [0.1, 0.15) is 16.7 Å². The first kappa shape index (κ1) is 17.7. The topological polar surface area (TPSA) is 86.1 Å². The molecule has 2 unspecified atom stereocenters. The monoisotopic (exact) mass is 384 g/mol. The summed E-state index contributed by atoms with van der Waals surface area (Å²) in [7, 11) is 3.90. The smallest absolute Gasteiger partial charge is 0.134 e. The molecule has 6 heteroatoms. The van der Waals surface area contributed by atoms with E-state index in [0.29, 0.717) is 16.7 Å². The molecule has 0 saturated heterocycles. The van der Waals surface area contributed by atoms with E-state index < -0.39 is 12.5 Å². The SMILES string of the molecule is Cn1cc(C2=C(c3cn(C)c4ccc(C#N)cc34)C(O)NC2O)c2ccccc21. The summed E-state index contributed by atoms with van der Waals surface area (Å²) < 4.78 is 3.99. The Labute approximate surface area is 167 Å². The summed E-state index contributed by atoms with van der Waals surface area (Å²) in [6.07, 6.45) is 1.90. The fourth-order valence-electron chi connectivity index (χ4n) is 4.43. The second-order valence-corrected chi connectivity index (χ2v) is 7.47. The van der Waals surface area contributed by atoms with E-state index >= 15 is 0 Å². The van der Waals surface area contributed by atoms with Gasteiger partial charge in [0.1, 0.15) is 12.5 Å². The number of benzene rings is 2. The molecule has 1 aliphatic heterocycles. The first-order chi connectivity index (χ1) is 14.0. The highest BCUT2D eigenvalue weighted by Crippen LogP contribution is 2.41. The van der Waals surface area contributed by atoms with Crippen LogP contribution in [0.15, 0.2) is 54.9 Å². The van der Waals surface area contributed by atoms with Crippen LogP contribution < -0.4 is 5.32 Å². The van der Waals surface area contributed by atoms with Crippen LogP contribution in [0.2, 0.25) is 0 Å². The zero-order valence-electron chi connectivity index (χ0n) is 16.1. The number of nitrogens with one attached hydrogen (secondary N) is 1. The number of rotatable bonds is 2. The van der Waals surface area contributed by atoms with Crippen molar-refractivity contribution in [3.8, 4) is 6.07 Å². The van der Waals surface area contributed by atoms with E-state index in [1.807, 2.05) is 72.0 Å². The van der Waals surface area contributed by atoms with Gasteiger partial charge in [-0.2, -0.15) is 5.26 Å². The molecule has 0 aliphatic carbocycles. The zero-order chi connectivity index (χ0) is 20.3. The largest absolute Gasteiger partial charge is 0.374 e. The summed E-state index contributed by atoms with van der Waals surface area (Å²) in [5.41, 5.74) is 5.53. The number of nitrogens with zero attached hydrogens (tertiary/aromatic N) is 3. The second-order valence-electron chi connectivity index (χ2n) is 7.47. The first-order valence-electron chi connectivity index (χ1n) is 9.40. The van der Waals surface area contributed by atoms with Crippen LogP contribution in [0.5, 0.6) is 0 Å². The molecular formula is C23H20N4O2. The van der Waals surface area contributed by atoms with Crippen molar-refractivity contribution in [2.45, 2.75) is 12.5 Å². The van der Waals surface area contributed by atoms with E-state index in [2.05, 4.69) is 11.4 Å². The van der Waals surface area contributed by atoms with Crippen molar-refractivity contribution in [2.24, 2.45) is 14.1 Å². The van der Waals surface area contributed by atoms with Crippen LogP contribution >= 0.6 is 0 Å². The molecule has 5 rings (SSSR count). The van der Waals surface area contributed by atoms with Crippen molar-refractivity contribution in [3.05, 3.63) is 71.5 Å². The summed E-state index contributed by atoms with van der Waals surface area (Å²) in [5, 5.41) is 35.7. The number of hydrogen-bond donors (Lipinski definition) is 3. The first-order valence-corrected chi connectivity index (χ1v) is 9.40. The number of aliphatic hydroxyl groups is 2. The lowest BCUT2D eigenvalue weighted by atomic mass is 9.94. The molecule has 2 atom stereocenters. The molecule has 2 aromatic heterocycles. The fraction of sp³-hybridized carbons (Fsp3) is 0.174. The van der Waals surface area contributed by atoms with Crippen LogP contribution in [0, 0.1) is 11.3 Å². The van der Waals surface area contributed by atoms with Crippen molar-refractivity contribution in [2.75, 3.05) is 0 Å². The minimum absolute atomic E-state index is 0.554. The number of nitriles is 1. The average molecular weight is 384 g/mol. The maximum Gasteiger partial charge on any atom is 0.134 e. The minimum Gasteiger partial charge on any atom is -0.374 e. The second kappa shape index (κ2) is 6.33. The van der Waals surface area contributed by atoms with Gasteiger partial charge in [-0.25, -0.2) is 0 Å². The summed E-state index contributed by atoms with van der Waals surface area (Å²) in [6, 6.07) is 15.7. The Morgan fingerprint density at radius 3 is 2.10 bits per heavy atom. The molecule has 0 radical (unpaired) electrons. The Kier molecular flexibility index (Phi) is 3.86. The van der Waals surface area contributed by atoms with Gasteiger partial charge in [0.25, 0.3) is 0 Å².